The molecule has 0 aliphatic carbocycles. The largest absolute Gasteiger partial charge is 0.311 e. The summed E-state index contributed by atoms with van der Waals surface area (Å²) in [4.78, 5) is 4.07. The molecule has 1 aromatic carbocycles. The molecule has 1 aliphatic rings. The van der Waals surface area contributed by atoms with Crippen molar-refractivity contribution < 1.29 is 0 Å². The third-order valence-electron chi connectivity index (χ3n) is 3.97. The van der Waals surface area contributed by atoms with Crippen LogP contribution in [0.1, 0.15) is 26.7 Å². The summed E-state index contributed by atoms with van der Waals surface area (Å²) in [5.41, 5.74) is 0. The van der Waals surface area contributed by atoms with Crippen LogP contribution in [0.25, 0.3) is 0 Å². The van der Waals surface area contributed by atoms with E-state index in [9.17, 15) is 0 Å². The maximum absolute atomic E-state index is 3.66. The fourth-order valence-corrected chi connectivity index (χ4v) is 3.59. The Morgan fingerprint density at radius 1 is 1.21 bits per heavy atom. The Labute approximate surface area is 122 Å². The van der Waals surface area contributed by atoms with Gasteiger partial charge in [-0.1, -0.05) is 32.0 Å². The molecule has 0 spiro atoms. The van der Waals surface area contributed by atoms with Crippen molar-refractivity contribution in [3.8, 4) is 0 Å². The molecule has 0 radical (unpaired) electrons. The van der Waals surface area contributed by atoms with Crippen LogP contribution in [0, 0.1) is 0 Å². The van der Waals surface area contributed by atoms with Gasteiger partial charge in [-0.3, -0.25) is 4.90 Å². The average molecular weight is 278 g/mol. The molecule has 1 aliphatic heterocycles. The lowest BCUT2D eigenvalue weighted by atomic mass is 10.1. The van der Waals surface area contributed by atoms with Crippen molar-refractivity contribution >= 4 is 11.8 Å². The SMILES string of the molecule is CCC1CN(CCSc2ccccc2)C(CC)CN1. The number of piperazine rings is 1. The second-order valence-electron chi connectivity index (χ2n) is 5.23. The molecule has 0 aromatic heterocycles. The van der Waals surface area contributed by atoms with Gasteiger partial charge in [-0.2, -0.15) is 0 Å². The van der Waals surface area contributed by atoms with E-state index in [2.05, 4.69) is 54.4 Å². The van der Waals surface area contributed by atoms with Crippen LogP contribution < -0.4 is 5.32 Å². The van der Waals surface area contributed by atoms with E-state index in [1.165, 1.54) is 36.6 Å². The summed E-state index contributed by atoms with van der Waals surface area (Å²) in [5.74, 6) is 1.19. The van der Waals surface area contributed by atoms with Crippen molar-refractivity contribution in [3.63, 3.8) is 0 Å². The fourth-order valence-electron chi connectivity index (χ4n) is 2.68. The molecule has 2 atom stereocenters. The number of rotatable bonds is 6. The Balaban J connectivity index is 1.79. The topological polar surface area (TPSA) is 15.3 Å². The van der Waals surface area contributed by atoms with Gasteiger partial charge >= 0.3 is 0 Å². The molecule has 19 heavy (non-hydrogen) atoms. The first kappa shape index (κ1) is 14.9. The molecule has 2 nitrogen and oxygen atoms in total. The van der Waals surface area contributed by atoms with Crippen LogP contribution in [0.15, 0.2) is 35.2 Å². The molecule has 2 unspecified atom stereocenters. The normalized spacial score (nSPS) is 24.5. The fraction of sp³-hybridized carbons (Fsp3) is 0.625. The van der Waals surface area contributed by atoms with Gasteiger partial charge in [0, 0.05) is 42.4 Å². The number of nitrogens with zero attached hydrogens (tertiary/aromatic N) is 1. The minimum atomic E-state index is 0.685. The highest BCUT2D eigenvalue weighted by Gasteiger charge is 2.25. The third kappa shape index (κ3) is 4.51. The molecule has 1 heterocycles. The second kappa shape index (κ2) is 7.93. The standard InChI is InChI=1S/C16H26N2S/c1-3-14-13-18(15(4-2)12-17-14)10-11-19-16-8-6-5-7-9-16/h5-9,14-15,17H,3-4,10-13H2,1-2H3. The van der Waals surface area contributed by atoms with Crippen molar-refractivity contribution in [1.29, 1.82) is 0 Å². The zero-order chi connectivity index (χ0) is 13.5. The Bertz CT molecular complexity index is 355. The number of hydrogen-bond acceptors (Lipinski definition) is 3. The Morgan fingerprint density at radius 3 is 2.68 bits per heavy atom. The summed E-state index contributed by atoms with van der Waals surface area (Å²) in [6.45, 7) is 8.16. The van der Waals surface area contributed by atoms with Gasteiger partial charge in [-0.05, 0) is 25.0 Å². The van der Waals surface area contributed by atoms with E-state index in [0.29, 0.717) is 6.04 Å². The lowest BCUT2D eigenvalue weighted by molar-refractivity contribution is 0.133. The lowest BCUT2D eigenvalue weighted by Gasteiger charge is -2.40. The van der Waals surface area contributed by atoms with Crippen molar-refractivity contribution in [2.24, 2.45) is 0 Å². The molecule has 1 saturated heterocycles. The van der Waals surface area contributed by atoms with E-state index in [-0.39, 0.29) is 0 Å². The summed E-state index contributed by atoms with van der Waals surface area (Å²) in [6.07, 6.45) is 2.48. The van der Waals surface area contributed by atoms with Crippen molar-refractivity contribution in [2.75, 3.05) is 25.4 Å². The summed E-state index contributed by atoms with van der Waals surface area (Å²) in [5, 5.41) is 3.66. The minimum Gasteiger partial charge on any atom is -0.311 e. The van der Waals surface area contributed by atoms with Gasteiger partial charge in [0.2, 0.25) is 0 Å². The van der Waals surface area contributed by atoms with Gasteiger partial charge in [-0.25, -0.2) is 0 Å². The number of thioether (sulfide) groups is 1. The smallest absolute Gasteiger partial charge is 0.0219 e. The first-order valence-corrected chi connectivity index (χ1v) is 8.47. The van der Waals surface area contributed by atoms with Gasteiger partial charge in [0.25, 0.3) is 0 Å². The van der Waals surface area contributed by atoms with Crippen molar-refractivity contribution in [1.82, 2.24) is 10.2 Å². The van der Waals surface area contributed by atoms with Crippen LogP contribution in [0.2, 0.25) is 0 Å². The van der Waals surface area contributed by atoms with Crippen molar-refractivity contribution in [2.45, 2.75) is 43.7 Å². The van der Waals surface area contributed by atoms with Crippen LogP contribution in [-0.2, 0) is 0 Å². The Hall–Kier alpha value is -0.510. The first-order chi connectivity index (χ1) is 9.33. The number of benzene rings is 1. The molecule has 106 valence electrons. The quantitative estimate of drug-likeness (QED) is 0.804. The maximum atomic E-state index is 3.66. The summed E-state index contributed by atoms with van der Waals surface area (Å²) < 4.78 is 0. The molecular weight excluding hydrogens is 252 g/mol. The number of nitrogens with one attached hydrogen (secondary N) is 1. The van der Waals surface area contributed by atoms with Crippen LogP contribution in [-0.4, -0.2) is 42.4 Å². The van der Waals surface area contributed by atoms with E-state index >= 15 is 0 Å². The van der Waals surface area contributed by atoms with Gasteiger partial charge < -0.3 is 5.32 Å². The summed E-state index contributed by atoms with van der Waals surface area (Å²) in [7, 11) is 0. The lowest BCUT2D eigenvalue weighted by Crippen LogP contribution is -2.56. The van der Waals surface area contributed by atoms with Gasteiger partial charge in [-0.15, -0.1) is 11.8 Å². The van der Waals surface area contributed by atoms with Crippen LogP contribution in [0.4, 0.5) is 0 Å². The van der Waals surface area contributed by atoms with Gasteiger partial charge in [0.05, 0.1) is 0 Å². The van der Waals surface area contributed by atoms with Gasteiger partial charge in [0.15, 0.2) is 0 Å². The predicted octanol–water partition coefficient (Wildman–Crippen LogP) is 3.24. The van der Waals surface area contributed by atoms with E-state index in [4.69, 9.17) is 0 Å². The molecule has 3 heteroatoms. The molecule has 0 bridgehead atoms. The molecule has 1 aromatic rings. The maximum Gasteiger partial charge on any atom is 0.0219 e. The third-order valence-corrected chi connectivity index (χ3v) is 4.96. The average Bonchev–Trinajstić information content (AvgIpc) is 2.48. The van der Waals surface area contributed by atoms with Crippen LogP contribution >= 0.6 is 11.8 Å². The Kier molecular flexibility index (Phi) is 6.21. The van der Waals surface area contributed by atoms with E-state index < -0.39 is 0 Å². The highest BCUT2D eigenvalue weighted by molar-refractivity contribution is 7.99. The summed E-state index contributed by atoms with van der Waals surface area (Å²) >= 11 is 1.97. The Morgan fingerprint density at radius 2 is 2.00 bits per heavy atom. The van der Waals surface area contributed by atoms with E-state index in [1.807, 2.05) is 11.8 Å². The highest BCUT2D eigenvalue weighted by Crippen LogP contribution is 2.19. The van der Waals surface area contributed by atoms with Crippen molar-refractivity contribution in [3.05, 3.63) is 30.3 Å². The van der Waals surface area contributed by atoms with Gasteiger partial charge in [0.1, 0.15) is 0 Å². The zero-order valence-corrected chi connectivity index (χ0v) is 13.0. The number of hydrogen-bond donors (Lipinski definition) is 1. The highest BCUT2D eigenvalue weighted by atomic mass is 32.2. The summed E-state index contributed by atoms with van der Waals surface area (Å²) in [6, 6.07) is 12.1. The minimum absolute atomic E-state index is 0.685. The molecule has 0 amide bonds. The van der Waals surface area contributed by atoms with E-state index in [1.54, 1.807) is 0 Å². The molecule has 2 rings (SSSR count). The van der Waals surface area contributed by atoms with Crippen LogP contribution in [0.5, 0.6) is 0 Å². The van der Waals surface area contributed by atoms with Crippen LogP contribution in [0.3, 0.4) is 0 Å². The predicted molar refractivity (Wildman–Crippen MR) is 84.9 cm³/mol. The first-order valence-electron chi connectivity index (χ1n) is 7.48. The molecular formula is C16H26N2S. The van der Waals surface area contributed by atoms with E-state index in [0.717, 1.165) is 12.6 Å². The monoisotopic (exact) mass is 278 g/mol. The molecule has 1 N–H and O–H groups in total. The molecule has 1 fully saturated rings. The molecule has 0 saturated carbocycles. The second-order valence-corrected chi connectivity index (χ2v) is 6.40. The zero-order valence-electron chi connectivity index (χ0n) is 12.1.